The molecule has 6 nitrogen and oxygen atoms in total. The summed E-state index contributed by atoms with van der Waals surface area (Å²) in [5.74, 6) is 0.740. The number of sulfone groups is 1. The van der Waals surface area contributed by atoms with E-state index >= 15 is 0 Å². The second-order valence-corrected chi connectivity index (χ2v) is 9.18. The van der Waals surface area contributed by atoms with Gasteiger partial charge in [0.2, 0.25) is 0 Å². The first-order valence-corrected chi connectivity index (χ1v) is 10.8. The Bertz CT molecular complexity index is 1220. The fourth-order valence-corrected chi connectivity index (χ4v) is 3.97. The van der Waals surface area contributed by atoms with Crippen LogP contribution in [0.3, 0.4) is 0 Å². The van der Waals surface area contributed by atoms with E-state index in [9.17, 15) is 18.3 Å². The van der Waals surface area contributed by atoms with Crippen LogP contribution in [0.1, 0.15) is 18.1 Å². The molecule has 29 heavy (non-hydrogen) atoms. The molecule has 1 aromatic heterocycles. The molecule has 0 spiro atoms. The number of aryl methyl sites for hydroxylation is 3. The summed E-state index contributed by atoms with van der Waals surface area (Å²) in [5.41, 5.74) is 2.16. The van der Waals surface area contributed by atoms with Gasteiger partial charge in [0, 0.05) is 30.4 Å². The zero-order valence-corrected chi connectivity index (χ0v) is 17.6. The Labute approximate surface area is 169 Å². The van der Waals surface area contributed by atoms with Crippen LogP contribution in [-0.2, 0) is 16.9 Å². The third-order valence-electron chi connectivity index (χ3n) is 4.81. The molecule has 0 atom stereocenters. The van der Waals surface area contributed by atoms with Crippen LogP contribution in [0.4, 0.5) is 0 Å². The summed E-state index contributed by atoms with van der Waals surface area (Å²) in [7, 11) is -1.91. The highest BCUT2D eigenvalue weighted by Crippen LogP contribution is 2.40. The fourth-order valence-electron chi connectivity index (χ4n) is 3.07. The summed E-state index contributed by atoms with van der Waals surface area (Å²) >= 11 is 0. The smallest absolute Gasteiger partial charge is 0.254 e. The van der Waals surface area contributed by atoms with Gasteiger partial charge in [0.05, 0.1) is 10.6 Å². The second-order valence-electron chi connectivity index (χ2n) is 6.91. The van der Waals surface area contributed by atoms with E-state index in [1.165, 1.54) is 22.9 Å². The van der Waals surface area contributed by atoms with Gasteiger partial charge in [-0.1, -0.05) is 25.1 Å². The van der Waals surface area contributed by atoms with Gasteiger partial charge in [-0.15, -0.1) is 0 Å². The SMILES string of the molecule is CCS(=O)(=O)c1ccc(Oc2c(C)cccc2C)c(-c2cn(C)c(=O)cc2O)c1. The van der Waals surface area contributed by atoms with Crippen molar-refractivity contribution in [1.29, 1.82) is 0 Å². The van der Waals surface area contributed by atoms with E-state index in [1.807, 2.05) is 32.0 Å². The van der Waals surface area contributed by atoms with E-state index < -0.39 is 9.84 Å². The largest absolute Gasteiger partial charge is 0.507 e. The Morgan fingerprint density at radius 3 is 2.31 bits per heavy atom. The second kappa shape index (κ2) is 7.75. The number of hydrogen-bond donors (Lipinski definition) is 1. The van der Waals surface area contributed by atoms with Gasteiger partial charge in [-0.3, -0.25) is 4.79 Å². The van der Waals surface area contributed by atoms with Crippen molar-refractivity contribution in [3.05, 3.63) is 70.1 Å². The van der Waals surface area contributed by atoms with Crippen LogP contribution in [0.15, 0.2) is 58.4 Å². The molecule has 7 heteroatoms. The minimum absolute atomic E-state index is 0.0528. The van der Waals surface area contributed by atoms with Crippen molar-refractivity contribution >= 4 is 9.84 Å². The maximum absolute atomic E-state index is 12.4. The third kappa shape index (κ3) is 4.05. The Morgan fingerprint density at radius 1 is 1.03 bits per heavy atom. The lowest BCUT2D eigenvalue weighted by atomic mass is 10.0. The molecule has 0 radical (unpaired) electrons. The molecule has 3 rings (SSSR count). The zero-order chi connectivity index (χ0) is 21.3. The first kappa shape index (κ1) is 20.7. The summed E-state index contributed by atoms with van der Waals surface area (Å²) in [6.07, 6.45) is 1.47. The van der Waals surface area contributed by atoms with E-state index in [4.69, 9.17) is 4.74 Å². The topological polar surface area (TPSA) is 85.6 Å². The molecule has 0 bridgehead atoms. The third-order valence-corrected chi connectivity index (χ3v) is 6.54. The first-order valence-electron chi connectivity index (χ1n) is 9.15. The van der Waals surface area contributed by atoms with Crippen molar-refractivity contribution in [3.8, 4) is 28.4 Å². The average Bonchev–Trinajstić information content (AvgIpc) is 2.68. The summed E-state index contributed by atoms with van der Waals surface area (Å²) < 4.78 is 32.3. The van der Waals surface area contributed by atoms with Crippen molar-refractivity contribution in [1.82, 2.24) is 4.57 Å². The molecule has 0 saturated carbocycles. The number of pyridine rings is 1. The van der Waals surface area contributed by atoms with E-state index in [2.05, 4.69) is 0 Å². The number of nitrogens with zero attached hydrogens (tertiary/aromatic N) is 1. The Kier molecular flexibility index (Phi) is 5.53. The van der Waals surface area contributed by atoms with Gasteiger partial charge in [-0.2, -0.15) is 0 Å². The first-order chi connectivity index (χ1) is 13.6. The normalized spacial score (nSPS) is 11.4. The standard InChI is InChI=1S/C22H23NO5S/c1-5-29(26,27)16-9-10-20(28-22-14(2)7-6-8-15(22)3)17(11-16)18-13-23(4)21(25)12-19(18)24/h6-13,24H,5H2,1-4H3. The minimum Gasteiger partial charge on any atom is -0.507 e. The molecule has 0 saturated heterocycles. The van der Waals surface area contributed by atoms with Gasteiger partial charge in [0.25, 0.3) is 5.56 Å². The number of ether oxygens (including phenoxy) is 1. The number of hydrogen-bond acceptors (Lipinski definition) is 5. The summed E-state index contributed by atoms with van der Waals surface area (Å²) in [5, 5.41) is 10.4. The van der Waals surface area contributed by atoms with Crippen molar-refractivity contribution in [3.63, 3.8) is 0 Å². The highest BCUT2D eigenvalue weighted by Gasteiger charge is 2.19. The maximum Gasteiger partial charge on any atom is 0.254 e. The van der Waals surface area contributed by atoms with Gasteiger partial charge in [0.15, 0.2) is 9.84 Å². The Balaban J connectivity index is 2.27. The monoisotopic (exact) mass is 413 g/mol. The Morgan fingerprint density at radius 2 is 1.69 bits per heavy atom. The van der Waals surface area contributed by atoms with Crippen LogP contribution in [0.2, 0.25) is 0 Å². The quantitative estimate of drug-likeness (QED) is 0.684. The van der Waals surface area contributed by atoms with E-state index in [-0.39, 0.29) is 22.0 Å². The predicted molar refractivity (Wildman–Crippen MR) is 113 cm³/mol. The molecule has 0 fully saturated rings. The molecule has 0 amide bonds. The molecule has 0 aliphatic carbocycles. The van der Waals surface area contributed by atoms with Crippen LogP contribution in [0.5, 0.6) is 17.2 Å². The number of benzene rings is 2. The average molecular weight is 413 g/mol. The lowest BCUT2D eigenvalue weighted by Gasteiger charge is -2.17. The van der Waals surface area contributed by atoms with E-state index in [0.717, 1.165) is 17.2 Å². The van der Waals surface area contributed by atoms with Crippen LogP contribution in [-0.4, -0.2) is 23.8 Å². The van der Waals surface area contributed by atoms with Crippen LogP contribution < -0.4 is 10.3 Å². The lowest BCUT2D eigenvalue weighted by molar-refractivity contribution is 0.467. The number of para-hydroxylation sites is 1. The number of aromatic nitrogens is 1. The van der Waals surface area contributed by atoms with Gasteiger partial charge < -0.3 is 14.4 Å². The molecule has 2 aromatic carbocycles. The van der Waals surface area contributed by atoms with Crippen LogP contribution in [0.25, 0.3) is 11.1 Å². The molecular weight excluding hydrogens is 390 g/mol. The summed E-state index contributed by atoms with van der Waals surface area (Å²) in [4.78, 5) is 12.0. The van der Waals surface area contributed by atoms with Crippen molar-refractivity contribution < 1.29 is 18.3 Å². The van der Waals surface area contributed by atoms with E-state index in [0.29, 0.717) is 22.6 Å². The molecule has 0 aliphatic rings. The van der Waals surface area contributed by atoms with E-state index in [1.54, 1.807) is 20.0 Å². The fraction of sp³-hybridized carbons (Fsp3) is 0.227. The lowest BCUT2D eigenvalue weighted by Crippen LogP contribution is -2.14. The van der Waals surface area contributed by atoms with Gasteiger partial charge in [-0.25, -0.2) is 8.42 Å². The molecule has 3 aromatic rings. The molecule has 1 N–H and O–H groups in total. The number of rotatable bonds is 5. The predicted octanol–water partition coefficient (Wildman–Crippen LogP) is 3.96. The Hall–Kier alpha value is -3.06. The van der Waals surface area contributed by atoms with Crippen LogP contribution >= 0.6 is 0 Å². The van der Waals surface area contributed by atoms with Crippen LogP contribution in [0, 0.1) is 13.8 Å². The maximum atomic E-state index is 12.4. The van der Waals surface area contributed by atoms with Gasteiger partial charge >= 0.3 is 0 Å². The molecule has 1 heterocycles. The van der Waals surface area contributed by atoms with Gasteiger partial charge in [-0.05, 0) is 43.2 Å². The zero-order valence-electron chi connectivity index (χ0n) is 16.8. The molecular formula is C22H23NO5S. The number of aromatic hydroxyl groups is 1. The van der Waals surface area contributed by atoms with Crippen molar-refractivity contribution in [2.75, 3.05) is 5.75 Å². The van der Waals surface area contributed by atoms with Crippen molar-refractivity contribution in [2.24, 2.45) is 7.05 Å². The summed E-state index contributed by atoms with van der Waals surface area (Å²) in [6, 6.07) is 11.4. The molecule has 0 unspecified atom stereocenters. The van der Waals surface area contributed by atoms with Gasteiger partial charge in [0.1, 0.15) is 17.2 Å². The molecule has 0 aliphatic heterocycles. The highest BCUT2D eigenvalue weighted by atomic mass is 32.2. The molecule has 152 valence electrons. The minimum atomic E-state index is -3.47. The highest BCUT2D eigenvalue weighted by molar-refractivity contribution is 7.91. The van der Waals surface area contributed by atoms with Crippen molar-refractivity contribution in [2.45, 2.75) is 25.7 Å². The summed E-state index contributed by atoms with van der Waals surface area (Å²) in [6.45, 7) is 5.41.